The van der Waals surface area contributed by atoms with E-state index < -0.39 is 53.6 Å². The topological polar surface area (TPSA) is 72.5 Å². The molecule has 1 atom stereocenters. The summed E-state index contributed by atoms with van der Waals surface area (Å²) in [7, 11) is 0. The summed E-state index contributed by atoms with van der Waals surface area (Å²) in [5, 5.41) is 1.84. The largest absolute Gasteiger partial charge is 0.449 e. The molecule has 0 aromatic carbocycles. The molecule has 5 nitrogen and oxygen atoms in total. The average molecular weight is 389 g/mol. The Morgan fingerprint density at radius 2 is 1.54 bits per heavy atom. The molecule has 0 aliphatic heterocycles. The summed E-state index contributed by atoms with van der Waals surface area (Å²) in [5.41, 5.74) is -1.81. The molecule has 1 unspecified atom stereocenters. The molecule has 11 heteroatoms. The number of halogens is 6. The molecule has 0 spiro atoms. The Morgan fingerprint density at radius 1 is 1.04 bits per heavy atom. The van der Waals surface area contributed by atoms with Gasteiger partial charge in [0.1, 0.15) is 5.57 Å². The first-order chi connectivity index (χ1) is 11.7. The molecule has 0 aromatic rings. The first-order valence-electron chi connectivity index (χ1n) is 7.62. The van der Waals surface area contributed by atoms with Crippen LogP contribution in [0.3, 0.4) is 0 Å². The van der Waals surface area contributed by atoms with Crippen LogP contribution in [0.4, 0.5) is 26.3 Å². The zero-order chi connectivity index (χ0) is 20.3. The molecule has 0 radical (unpaired) electrons. The number of hydrogen-bond acceptors (Lipinski definition) is 4. The average Bonchev–Trinajstić information content (AvgIpc) is 2.52. The van der Waals surface area contributed by atoms with Crippen LogP contribution in [0.1, 0.15) is 32.6 Å². The normalized spacial score (nSPS) is 22.3. The van der Waals surface area contributed by atoms with Crippen molar-refractivity contribution in [2.75, 3.05) is 0 Å². The van der Waals surface area contributed by atoms with Gasteiger partial charge in [0.05, 0.1) is 5.92 Å². The van der Waals surface area contributed by atoms with Crippen molar-refractivity contribution in [2.45, 2.75) is 51.1 Å². The zero-order valence-electron chi connectivity index (χ0n) is 13.7. The molecular formula is C15H17F6NO4. The van der Waals surface area contributed by atoms with Crippen LogP contribution < -0.4 is 5.32 Å². The Labute approximate surface area is 144 Å². The number of alkyl halides is 6. The fourth-order valence-corrected chi connectivity index (χ4v) is 2.41. The SMILES string of the molecule is C=C(C(=O)OC(C)C(=O)NC(=O)C1CCC(C(F)(F)F)CC1)C(F)(F)F. The van der Waals surface area contributed by atoms with Crippen LogP contribution >= 0.6 is 0 Å². The van der Waals surface area contributed by atoms with E-state index in [1.165, 1.54) is 0 Å². The first kappa shape index (κ1) is 22.0. The number of nitrogens with one attached hydrogen (secondary N) is 1. The molecule has 0 bridgehead atoms. The van der Waals surface area contributed by atoms with Crippen molar-refractivity contribution in [2.24, 2.45) is 11.8 Å². The van der Waals surface area contributed by atoms with E-state index in [1.54, 1.807) is 0 Å². The third-order valence-electron chi connectivity index (χ3n) is 4.05. The van der Waals surface area contributed by atoms with Gasteiger partial charge in [-0.2, -0.15) is 26.3 Å². The highest BCUT2D eigenvalue weighted by Crippen LogP contribution is 2.39. The fraction of sp³-hybridized carbons (Fsp3) is 0.667. The second kappa shape index (κ2) is 8.09. The zero-order valence-corrected chi connectivity index (χ0v) is 13.7. The number of imide groups is 1. The minimum absolute atomic E-state index is 0.0810. The van der Waals surface area contributed by atoms with Crippen molar-refractivity contribution >= 4 is 17.8 Å². The van der Waals surface area contributed by atoms with E-state index in [0.29, 0.717) is 0 Å². The highest BCUT2D eigenvalue weighted by molar-refractivity contribution is 5.99. The van der Waals surface area contributed by atoms with E-state index in [2.05, 4.69) is 11.3 Å². The van der Waals surface area contributed by atoms with Crippen LogP contribution in [-0.4, -0.2) is 36.2 Å². The van der Waals surface area contributed by atoms with Crippen molar-refractivity contribution in [1.29, 1.82) is 0 Å². The number of esters is 1. The maximum atomic E-state index is 12.6. The second-order valence-electron chi connectivity index (χ2n) is 5.97. The molecular weight excluding hydrogens is 372 g/mol. The van der Waals surface area contributed by atoms with Crippen molar-refractivity contribution < 1.29 is 45.5 Å². The number of ether oxygens (including phenoxy) is 1. The lowest BCUT2D eigenvalue weighted by atomic mass is 9.81. The summed E-state index contributed by atoms with van der Waals surface area (Å²) in [6, 6.07) is 0. The number of amides is 2. The Hall–Kier alpha value is -2.07. The Morgan fingerprint density at radius 3 is 1.96 bits per heavy atom. The van der Waals surface area contributed by atoms with Crippen molar-refractivity contribution in [3.63, 3.8) is 0 Å². The van der Waals surface area contributed by atoms with Crippen LogP contribution in [0, 0.1) is 11.8 Å². The molecule has 0 saturated heterocycles. The van der Waals surface area contributed by atoms with E-state index in [4.69, 9.17) is 0 Å². The Kier molecular flexibility index (Phi) is 6.83. The molecule has 1 aliphatic rings. The molecule has 0 aromatic heterocycles. The fourth-order valence-electron chi connectivity index (χ4n) is 2.41. The molecule has 148 valence electrons. The lowest BCUT2D eigenvalue weighted by molar-refractivity contribution is -0.184. The molecule has 2 amide bonds. The highest BCUT2D eigenvalue weighted by atomic mass is 19.4. The molecule has 0 heterocycles. The minimum atomic E-state index is -5.03. The quantitative estimate of drug-likeness (QED) is 0.456. The lowest BCUT2D eigenvalue weighted by Crippen LogP contribution is -2.44. The number of carbonyl (C=O) groups excluding carboxylic acids is 3. The van der Waals surface area contributed by atoms with Gasteiger partial charge in [0.2, 0.25) is 5.91 Å². The predicted octanol–water partition coefficient (Wildman–Crippen LogP) is 3.05. The lowest BCUT2D eigenvalue weighted by Gasteiger charge is -2.29. The summed E-state index contributed by atoms with van der Waals surface area (Å²) in [6.45, 7) is 3.46. The minimum Gasteiger partial charge on any atom is -0.449 e. The number of hydrogen-bond donors (Lipinski definition) is 1. The summed E-state index contributed by atoms with van der Waals surface area (Å²) >= 11 is 0. The smallest absolute Gasteiger partial charge is 0.422 e. The Bertz CT molecular complexity index is 576. The maximum absolute atomic E-state index is 12.6. The summed E-state index contributed by atoms with van der Waals surface area (Å²) in [5.74, 6) is -6.22. The Balaban J connectivity index is 2.51. The monoisotopic (exact) mass is 389 g/mol. The van der Waals surface area contributed by atoms with E-state index in [1.807, 2.05) is 5.32 Å². The van der Waals surface area contributed by atoms with E-state index >= 15 is 0 Å². The molecule has 1 aliphatic carbocycles. The maximum Gasteiger partial charge on any atom is 0.422 e. The number of rotatable bonds is 4. The van der Waals surface area contributed by atoms with Crippen molar-refractivity contribution in [3.8, 4) is 0 Å². The molecule has 1 rings (SSSR count). The third kappa shape index (κ3) is 6.03. The van der Waals surface area contributed by atoms with Crippen LogP contribution in [-0.2, 0) is 19.1 Å². The van der Waals surface area contributed by atoms with Gasteiger partial charge in [0.15, 0.2) is 6.10 Å². The predicted molar refractivity (Wildman–Crippen MR) is 75.4 cm³/mol. The van der Waals surface area contributed by atoms with Crippen molar-refractivity contribution in [3.05, 3.63) is 12.2 Å². The summed E-state index contributed by atoms with van der Waals surface area (Å²) < 4.78 is 78.8. The van der Waals surface area contributed by atoms with Gasteiger partial charge in [-0.15, -0.1) is 0 Å². The second-order valence-corrected chi connectivity index (χ2v) is 5.97. The summed E-state index contributed by atoms with van der Waals surface area (Å²) in [6.07, 6.45) is -11.8. The first-order valence-corrected chi connectivity index (χ1v) is 7.62. The highest BCUT2D eigenvalue weighted by Gasteiger charge is 2.43. The van der Waals surface area contributed by atoms with Crippen LogP contribution in [0.2, 0.25) is 0 Å². The van der Waals surface area contributed by atoms with Gasteiger partial charge in [-0.05, 0) is 32.6 Å². The van der Waals surface area contributed by atoms with Crippen molar-refractivity contribution in [1.82, 2.24) is 5.32 Å². The van der Waals surface area contributed by atoms with Crippen LogP contribution in [0.15, 0.2) is 12.2 Å². The van der Waals surface area contributed by atoms with Gasteiger partial charge >= 0.3 is 18.3 Å². The van der Waals surface area contributed by atoms with E-state index in [9.17, 15) is 40.7 Å². The molecule has 26 heavy (non-hydrogen) atoms. The van der Waals surface area contributed by atoms with E-state index in [0.717, 1.165) is 6.92 Å². The summed E-state index contributed by atoms with van der Waals surface area (Å²) in [4.78, 5) is 34.8. The van der Waals surface area contributed by atoms with Gasteiger partial charge in [0, 0.05) is 5.92 Å². The standard InChI is InChI=1S/C15H17F6NO4/c1-7(14(16,17)18)13(25)26-8(2)11(23)22-12(24)9-3-5-10(6-4-9)15(19,20)21/h8-10H,1,3-6H2,2H3,(H,22,23,24). The van der Waals surface area contributed by atoms with Gasteiger partial charge < -0.3 is 4.74 Å². The van der Waals surface area contributed by atoms with E-state index in [-0.39, 0.29) is 25.7 Å². The van der Waals surface area contributed by atoms with Gasteiger partial charge in [-0.25, -0.2) is 4.79 Å². The number of carbonyl (C=O) groups is 3. The molecule has 1 N–H and O–H groups in total. The van der Waals surface area contributed by atoms with Crippen LogP contribution in [0.5, 0.6) is 0 Å². The molecule has 1 fully saturated rings. The van der Waals surface area contributed by atoms with Gasteiger partial charge in [-0.3, -0.25) is 14.9 Å². The van der Waals surface area contributed by atoms with Gasteiger partial charge in [-0.1, -0.05) is 6.58 Å². The van der Waals surface area contributed by atoms with Crippen LogP contribution in [0.25, 0.3) is 0 Å². The van der Waals surface area contributed by atoms with Gasteiger partial charge in [0.25, 0.3) is 5.91 Å². The molecule has 1 saturated carbocycles. The third-order valence-corrected chi connectivity index (χ3v) is 4.05.